The first-order valence-corrected chi connectivity index (χ1v) is 20.6. The Hall–Kier alpha value is -9.36. The topological polar surface area (TPSA) is 271 Å². The molecule has 0 aliphatic carbocycles. The molecule has 0 spiro atoms. The predicted octanol–water partition coefficient (Wildman–Crippen LogP) is 7.08. The summed E-state index contributed by atoms with van der Waals surface area (Å²) in [6, 6.07) is 38.1. The maximum absolute atomic E-state index is 12.8. The molecule has 19 heteroatoms. The molecular formula is C48H40N14O5. The first kappa shape index (κ1) is 44.3. The molecule has 0 fully saturated rings. The Morgan fingerprint density at radius 3 is 1.43 bits per heavy atom. The van der Waals surface area contributed by atoms with Crippen LogP contribution in [0, 0.1) is 33.7 Å². The SMILES string of the molecule is CC(C)(C(=O)NC#N)[C@H]1c2ccccc2Oc2nc(-c3ccc(-n4cnnn4)cc3)ccc21.CC(C)(C(=O)O)[C@H]1c2ccccc2Oc2nc(-c3ccc(-n4cnnn4)cc3)ccc21.N#CN. The third kappa shape index (κ3) is 8.67. The third-order valence-corrected chi connectivity index (χ3v) is 11.6. The number of carboxylic acids is 1. The normalized spacial score (nSPS) is 14.1. The number of tetrazole rings is 2. The van der Waals surface area contributed by atoms with Crippen molar-refractivity contribution in [2.45, 2.75) is 39.5 Å². The van der Waals surface area contributed by atoms with Crippen LogP contribution in [-0.4, -0.2) is 67.4 Å². The molecule has 0 saturated carbocycles. The van der Waals surface area contributed by atoms with E-state index in [9.17, 15) is 14.7 Å². The first-order valence-electron chi connectivity index (χ1n) is 20.6. The van der Waals surface area contributed by atoms with E-state index >= 15 is 0 Å². The number of para-hydroxylation sites is 2. The second kappa shape index (κ2) is 18.4. The van der Waals surface area contributed by atoms with Crippen LogP contribution in [0.15, 0.2) is 134 Å². The number of ether oxygens (including phenoxy) is 2. The molecule has 67 heavy (non-hydrogen) atoms. The number of pyridine rings is 2. The summed E-state index contributed by atoms with van der Waals surface area (Å²) in [5.41, 5.74) is 10.4. The van der Waals surface area contributed by atoms with E-state index in [-0.39, 0.29) is 17.7 Å². The number of benzene rings is 4. The van der Waals surface area contributed by atoms with E-state index < -0.39 is 16.8 Å². The first-order chi connectivity index (χ1) is 32.3. The van der Waals surface area contributed by atoms with Crippen molar-refractivity contribution in [1.82, 2.24) is 55.7 Å². The fourth-order valence-electron chi connectivity index (χ4n) is 8.14. The van der Waals surface area contributed by atoms with Gasteiger partial charge in [-0.3, -0.25) is 14.9 Å². The monoisotopic (exact) mass is 892 g/mol. The zero-order valence-corrected chi connectivity index (χ0v) is 36.4. The number of carbonyl (C=O) groups is 2. The minimum absolute atomic E-state index is 0.338. The summed E-state index contributed by atoms with van der Waals surface area (Å²) < 4.78 is 15.4. The summed E-state index contributed by atoms with van der Waals surface area (Å²) >= 11 is 0. The Bertz CT molecular complexity index is 3160. The Balaban J connectivity index is 0.000000172. The Morgan fingerprint density at radius 1 is 0.627 bits per heavy atom. The van der Waals surface area contributed by atoms with Crippen molar-refractivity contribution in [3.8, 4) is 69.5 Å². The largest absolute Gasteiger partial charge is 0.481 e. The smallest absolute Gasteiger partial charge is 0.310 e. The molecule has 2 aliphatic heterocycles. The number of hydrogen-bond donors (Lipinski definition) is 3. The standard InChI is InChI=1S/C24H19N7O2.C23H19N5O3.CH2N2/c1-24(2,23(32)26-13-25)21-17-5-3-4-6-20(17)33-22-18(21)11-12-19(28-22)15-7-9-16(10-8-15)31-14-27-29-30-31;1-23(2,22(29)30)20-16-5-3-4-6-19(16)31-21-17(20)11-12-18(25-21)14-7-9-15(10-8-14)28-13-24-26-27-28;2-1-3/h3-12,14,21H,1-2H3,(H,26,32);3-13,20H,1-2H3,(H,29,30);2H2/t21-;20-;/m00./s1. The van der Waals surface area contributed by atoms with Gasteiger partial charge in [-0.05, 0) is 83.2 Å². The molecule has 4 aromatic heterocycles. The van der Waals surface area contributed by atoms with Crippen LogP contribution < -0.4 is 20.5 Å². The van der Waals surface area contributed by atoms with Gasteiger partial charge in [-0.2, -0.15) is 10.5 Å². The van der Waals surface area contributed by atoms with Crippen LogP contribution in [0.1, 0.15) is 61.8 Å². The van der Waals surface area contributed by atoms with E-state index in [0.717, 1.165) is 56.1 Å². The minimum atomic E-state index is -1.04. The molecule has 2 atom stereocenters. The number of rotatable bonds is 8. The fourth-order valence-corrected chi connectivity index (χ4v) is 8.14. The van der Waals surface area contributed by atoms with Crippen molar-refractivity contribution in [2.24, 2.45) is 16.6 Å². The lowest BCUT2D eigenvalue weighted by molar-refractivity contribution is -0.147. The molecule has 4 N–H and O–H groups in total. The van der Waals surface area contributed by atoms with Gasteiger partial charge in [-0.25, -0.2) is 19.3 Å². The lowest BCUT2D eigenvalue weighted by Gasteiger charge is -2.37. The zero-order valence-electron chi connectivity index (χ0n) is 36.4. The number of nitriles is 2. The van der Waals surface area contributed by atoms with Crippen molar-refractivity contribution < 1.29 is 24.2 Å². The third-order valence-electron chi connectivity index (χ3n) is 11.6. The highest BCUT2D eigenvalue weighted by molar-refractivity contribution is 5.85. The van der Waals surface area contributed by atoms with Gasteiger partial charge in [0.25, 0.3) is 0 Å². The van der Waals surface area contributed by atoms with Crippen molar-refractivity contribution in [2.75, 3.05) is 0 Å². The van der Waals surface area contributed by atoms with Gasteiger partial charge in [-0.15, -0.1) is 10.2 Å². The van der Waals surface area contributed by atoms with E-state index in [4.69, 9.17) is 30.0 Å². The molecule has 0 radical (unpaired) electrons. The van der Waals surface area contributed by atoms with Crippen LogP contribution in [-0.2, 0) is 9.59 Å². The number of nitrogens with two attached hydrogens (primary N) is 1. The lowest BCUT2D eigenvalue weighted by atomic mass is 9.69. The number of amides is 1. The van der Waals surface area contributed by atoms with E-state index in [1.807, 2.05) is 135 Å². The summed E-state index contributed by atoms with van der Waals surface area (Å²) in [5.74, 6) is 0.198. The Kier molecular flexibility index (Phi) is 12.1. The van der Waals surface area contributed by atoms with Gasteiger partial charge in [-0.1, -0.05) is 86.6 Å². The lowest BCUT2D eigenvalue weighted by Crippen LogP contribution is -2.40. The Morgan fingerprint density at radius 2 is 1.04 bits per heavy atom. The summed E-state index contributed by atoms with van der Waals surface area (Å²) in [6.07, 6.45) is 6.05. The molecule has 8 aromatic rings. The molecule has 332 valence electrons. The maximum atomic E-state index is 12.8. The summed E-state index contributed by atoms with van der Waals surface area (Å²) in [7, 11) is 0. The molecule has 4 aromatic carbocycles. The molecule has 10 rings (SSSR count). The average Bonchev–Trinajstić information content (AvgIpc) is 4.09. The van der Waals surface area contributed by atoms with Crippen LogP contribution in [0.4, 0.5) is 0 Å². The van der Waals surface area contributed by atoms with Crippen LogP contribution in [0.2, 0.25) is 0 Å². The van der Waals surface area contributed by atoms with Gasteiger partial charge in [0.15, 0.2) is 12.4 Å². The number of carbonyl (C=O) groups excluding carboxylic acids is 1. The van der Waals surface area contributed by atoms with Crippen molar-refractivity contribution >= 4 is 11.9 Å². The van der Waals surface area contributed by atoms with Gasteiger partial charge in [0, 0.05) is 45.2 Å². The number of hydrogen-bond acceptors (Lipinski definition) is 15. The second-order valence-electron chi connectivity index (χ2n) is 16.4. The van der Waals surface area contributed by atoms with Crippen LogP contribution in [0.5, 0.6) is 23.3 Å². The minimum Gasteiger partial charge on any atom is -0.481 e. The van der Waals surface area contributed by atoms with Gasteiger partial charge in [0.2, 0.25) is 17.7 Å². The van der Waals surface area contributed by atoms with E-state index in [1.165, 1.54) is 18.8 Å². The quantitative estimate of drug-likeness (QED) is 0.101. The fraction of sp³-hybridized carbons (Fsp3) is 0.167. The highest BCUT2D eigenvalue weighted by atomic mass is 16.5. The second-order valence-corrected chi connectivity index (χ2v) is 16.4. The molecule has 0 saturated heterocycles. The van der Waals surface area contributed by atoms with Crippen molar-refractivity contribution in [3.63, 3.8) is 0 Å². The molecule has 1 amide bonds. The highest BCUT2D eigenvalue weighted by Crippen LogP contribution is 2.53. The van der Waals surface area contributed by atoms with E-state index in [0.29, 0.717) is 23.3 Å². The van der Waals surface area contributed by atoms with Crippen LogP contribution in [0.25, 0.3) is 33.9 Å². The number of nitrogens with zero attached hydrogens (tertiary/aromatic N) is 12. The van der Waals surface area contributed by atoms with Crippen molar-refractivity contribution in [1.29, 1.82) is 10.5 Å². The number of aromatic nitrogens is 10. The maximum Gasteiger partial charge on any atom is 0.310 e. The predicted molar refractivity (Wildman–Crippen MR) is 240 cm³/mol. The van der Waals surface area contributed by atoms with Gasteiger partial charge >= 0.3 is 5.97 Å². The molecule has 0 bridgehead atoms. The van der Waals surface area contributed by atoms with Crippen LogP contribution >= 0.6 is 0 Å². The molecule has 19 nitrogen and oxygen atoms in total. The number of fused-ring (bicyclic) bond motifs is 4. The van der Waals surface area contributed by atoms with Crippen molar-refractivity contribution in [3.05, 3.63) is 156 Å². The summed E-state index contributed by atoms with van der Waals surface area (Å²) in [6.45, 7) is 7.11. The van der Waals surface area contributed by atoms with Gasteiger partial charge in [0.1, 0.15) is 24.2 Å². The van der Waals surface area contributed by atoms with Crippen LogP contribution in [0.3, 0.4) is 0 Å². The van der Waals surface area contributed by atoms with E-state index in [1.54, 1.807) is 29.4 Å². The summed E-state index contributed by atoms with van der Waals surface area (Å²) in [5, 5.41) is 50.7. The molecule has 2 aliphatic rings. The number of aliphatic carboxylic acids is 1. The molecule has 0 unspecified atom stereocenters. The van der Waals surface area contributed by atoms with E-state index in [2.05, 4.69) is 42.1 Å². The molecule has 6 heterocycles. The van der Waals surface area contributed by atoms with Gasteiger partial charge < -0.3 is 20.3 Å². The highest BCUT2D eigenvalue weighted by Gasteiger charge is 2.45. The zero-order chi connectivity index (χ0) is 47.3. The molecular weight excluding hydrogens is 853 g/mol. The summed E-state index contributed by atoms with van der Waals surface area (Å²) in [4.78, 5) is 34.4. The number of carboxylic acid groups (broad SMARTS) is 1. The Labute approximate surface area is 383 Å². The van der Waals surface area contributed by atoms with Gasteiger partial charge in [0.05, 0.1) is 33.6 Å². The number of nitrogens with one attached hydrogen (secondary N) is 1. The average molecular weight is 893 g/mol.